The van der Waals surface area contributed by atoms with Gasteiger partial charge in [0.1, 0.15) is 0 Å². The number of fused-ring (bicyclic) bond motifs is 2. The van der Waals surface area contributed by atoms with Crippen LogP contribution >= 0.6 is 23.2 Å². The summed E-state index contributed by atoms with van der Waals surface area (Å²) < 4.78 is 0. The number of nitrogens with one attached hydrogen (secondary N) is 3. The highest BCUT2D eigenvalue weighted by Gasteiger charge is 2.30. The molecule has 0 saturated carbocycles. The molecular weight excluding hydrogens is 996 g/mol. The first-order valence-electron chi connectivity index (χ1n) is 26.1. The van der Waals surface area contributed by atoms with E-state index in [1.54, 1.807) is 6.33 Å². The van der Waals surface area contributed by atoms with Crippen LogP contribution < -0.4 is 5.32 Å². The zero-order chi connectivity index (χ0) is 53.7. The molecule has 8 aromatic rings. The number of imidazole rings is 2. The van der Waals surface area contributed by atoms with Crippen LogP contribution in [0.1, 0.15) is 98.9 Å². The first kappa shape index (κ1) is 56.9. The zero-order valence-corrected chi connectivity index (χ0v) is 45.5. The first-order chi connectivity index (χ1) is 37.2. The summed E-state index contributed by atoms with van der Waals surface area (Å²) in [4.78, 5) is 69.7. The third kappa shape index (κ3) is 14.7. The highest BCUT2D eigenvalue weighted by Crippen LogP contribution is 2.35. The molecule has 2 unspecified atom stereocenters. The molecule has 76 heavy (non-hydrogen) atoms. The lowest BCUT2D eigenvalue weighted by Crippen LogP contribution is -2.47. The molecule has 2 aliphatic rings. The molecule has 398 valence electrons. The minimum absolute atomic E-state index is 0.0653. The topological polar surface area (TPSA) is 163 Å². The van der Waals surface area contributed by atoms with Crippen molar-refractivity contribution in [2.24, 2.45) is 0 Å². The van der Waals surface area contributed by atoms with Gasteiger partial charge in [-0.15, -0.1) is 23.2 Å². The SMILES string of the molecule is CCN(CC)C(=O)c1ccc(C(c2cccc3cccnc23)N2CCN(Cc3cnc[nH]3)CC2)cc1.CCN(CC)C(=O)c1ccc(C(c2cccc3cccnc23)N2CCNCC2)cc1.ClCCl.O=Cc1cnc[nH]1. The minimum Gasteiger partial charge on any atom is -0.347 e. The lowest BCUT2D eigenvalue weighted by atomic mass is 9.93. The van der Waals surface area contributed by atoms with E-state index < -0.39 is 0 Å². The summed E-state index contributed by atoms with van der Waals surface area (Å²) in [5.74, 6) is 0.180. The molecule has 17 heteroatoms. The maximum Gasteiger partial charge on any atom is 0.253 e. The van der Waals surface area contributed by atoms with Crippen LogP contribution in [0.3, 0.4) is 0 Å². The fraction of sp³-hybridized carbons (Fsp3) is 0.339. The van der Waals surface area contributed by atoms with Gasteiger partial charge >= 0.3 is 0 Å². The van der Waals surface area contributed by atoms with Gasteiger partial charge in [0.2, 0.25) is 0 Å². The quantitative estimate of drug-likeness (QED) is 0.0662. The summed E-state index contributed by atoms with van der Waals surface area (Å²) >= 11 is 9.53. The van der Waals surface area contributed by atoms with Crippen molar-refractivity contribution in [3.63, 3.8) is 0 Å². The van der Waals surface area contributed by atoms with Crippen LogP contribution in [0, 0.1) is 0 Å². The average Bonchev–Trinajstić information content (AvgIpc) is 4.22. The Morgan fingerprint density at radius 3 is 1.45 bits per heavy atom. The molecule has 2 amide bonds. The summed E-state index contributed by atoms with van der Waals surface area (Å²) in [6.45, 7) is 19.6. The second-order valence-corrected chi connectivity index (χ2v) is 19.1. The normalized spacial score (nSPS) is 14.7. The minimum atomic E-state index is 0.0653. The summed E-state index contributed by atoms with van der Waals surface area (Å²) in [6.07, 6.45) is 11.0. The fourth-order valence-electron chi connectivity index (χ4n) is 9.94. The van der Waals surface area contributed by atoms with Crippen LogP contribution in [0.25, 0.3) is 21.8 Å². The number of alkyl halides is 2. The second-order valence-electron chi connectivity index (χ2n) is 18.2. The molecule has 4 aromatic carbocycles. The van der Waals surface area contributed by atoms with Gasteiger partial charge in [-0.05, 0) is 75.2 Å². The summed E-state index contributed by atoms with van der Waals surface area (Å²) in [5.41, 5.74) is 10.0. The van der Waals surface area contributed by atoms with Crippen LogP contribution in [0.4, 0.5) is 0 Å². The number of aromatic amines is 2. The van der Waals surface area contributed by atoms with Crippen molar-refractivity contribution in [2.45, 2.75) is 46.3 Å². The van der Waals surface area contributed by atoms with Gasteiger partial charge in [-0.1, -0.05) is 72.8 Å². The maximum absolute atomic E-state index is 12.9. The van der Waals surface area contributed by atoms with E-state index in [0.717, 1.165) is 111 Å². The first-order valence-corrected chi connectivity index (χ1v) is 27.2. The Balaban J connectivity index is 0.000000189. The van der Waals surface area contributed by atoms with E-state index in [1.165, 1.54) is 34.8 Å². The van der Waals surface area contributed by atoms with Gasteiger partial charge in [0.15, 0.2) is 6.29 Å². The van der Waals surface area contributed by atoms with Crippen molar-refractivity contribution >= 4 is 63.1 Å². The van der Waals surface area contributed by atoms with Crippen molar-refractivity contribution in [3.8, 4) is 0 Å². The van der Waals surface area contributed by atoms with E-state index in [9.17, 15) is 14.4 Å². The average molecular weight is 1070 g/mol. The van der Waals surface area contributed by atoms with Gasteiger partial charge in [0.05, 0.1) is 53.0 Å². The molecule has 3 N–H and O–H groups in total. The van der Waals surface area contributed by atoms with Crippen LogP contribution in [0.5, 0.6) is 0 Å². The summed E-state index contributed by atoms with van der Waals surface area (Å²) in [7, 11) is 0. The van der Waals surface area contributed by atoms with Crippen LogP contribution in [-0.4, -0.2) is 156 Å². The number of hydrogen-bond acceptors (Lipinski definition) is 11. The number of halogens is 2. The predicted molar refractivity (Wildman–Crippen MR) is 305 cm³/mol. The van der Waals surface area contributed by atoms with Gasteiger partial charge in [0.25, 0.3) is 11.8 Å². The Morgan fingerprint density at radius 2 is 1.04 bits per heavy atom. The monoisotopic (exact) mass is 1060 g/mol. The number of amides is 2. The van der Waals surface area contributed by atoms with Gasteiger partial charge in [-0.2, -0.15) is 0 Å². The van der Waals surface area contributed by atoms with Gasteiger partial charge in [-0.3, -0.25) is 39.1 Å². The predicted octanol–water partition coefficient (Wildman–Crippen LogP) is 9.70. The third-order valence-corrected chi connectivity index (χ3v) is 13.8. The van der Waals surface area contributed by atoms with Crippen molar-refractivity contribution in [1.29, 1.82) is 0 Å². The molecule has 10 rings (SSSR count). The second kappa shape index (κ2) is 29.4. The molecule has 2 fully saturated rings. The summed E-state index contributed by atoms with van der Waals surface area (Å²) in [6, 6.07) is 37.7. The maximum atomic E-state index is 12.9. The van der Waals surface area contributed by atoms with Gasteiger partial charge < -0.3 is 25.1 Å². The molecule has 4 aromatic heterocycles. The Bertz CT molecular complexity index is 2980. The number of carbonyl (C=O) groups is 3. The number of nitrogens with zero attached hydrogens (tertiary/aromatic N) is 9. The molecule has 6 heterocycles. The Labute approximate surface area is 456 Å². The van der Waals surface area contributed by atoms with Crippen molar-refractivity contribution < 1.29 is 14.4 Å². The number of rotatable bonds is 15. The number of aldehydes is 1. The number of pyridine rings is 2. The lowest BCUT2D eigenvalue weighted by Gasteiger charge is -2.40. The molecule has 0 aliphatic carbocycles. The highest BCUT2D eigenvalue weighted by molar-refractivity contribution is 6.40. The van der Waals surface area contributed by atoms with Crippen molar-refractivity contribution in [2.75, 3.05) is 83.9 Å². The van der Waals surface area contributed by atoms with Crippen LogP contribution in [0.2, 0.25) is 0 Å². The standard InChI is InChI=1S/C29H34N6O.C25H30N4O.C4H4N2O.CH2Cl2/c1-3-34(4-2)29(36)24-12-10-23(11-13-24)28(26-9-5-7-22-8-6-14-31-27(22)26)35-17-15-33(16-18-35)20-25-19-30-21-32-25;1-3-28(4-2)25(30)21-12-10-20(11-13-21)24(29-17-15-26-16-18-29)22-9-5-7-19-8-6-14-27-23(19)22;7-2-4-1-5-3-6-4;2-1-3/h5-14,19,21,28H,3-4,15-18,20H2,1-2H3,(H,30,32);5-14,24,26H,3-4,15-18H2,1-2H3;1-3H,(H,5,6);1H2. The highest BCUT2D eigenvalue weighted by atomic mass is 35.5. The number of H-pyrrole nitrogens is 2. The van der Waals surface area contributed by atoms with E-state index >= 15 is 0 Å². The molecule has 0 bridgehead atoms. The molecule has 15 nitrogen and oxygen atoms in total. The van der Waals surface area contributed by atoms with E-state index in [-0.39, 0.29) is 29.2 Å². The van der Waals surface area contributed by atoms with Crippen molar-refractivity contribution in [3.05, 3.63) is 191 Å². The Morgan fingerprint density at radius 1 is 0.592 bits per heavy atom. The lowest BCUT2D eigenvalue weighted by molar-refractivity contribution is 0.0765. The molecule has 0 radical (unpaired) electrons. The molecule has 2 aliphatic heterocycles. The number of piperazine rings is 2. The van der Waals surface area contributed by atoms with E-state index in [4.69, 9.17) is 33.2 Å². The number of para-hydroxylation sites is 2. The Kier molecular flexibility index (Phi) is 22.0. The van der Waals surface area contributed by atoms with E-state index in [1.807, 2.05) is 92.5 Å². The number of aromatic nitrogens is 6. The number of carbonyl (C=O) groups excluding carboxylic acids is 3. The molecule has 2 saturated heterocycles. The van der Waals surface area contributed by atoms with E-state index in [0.29, 0.717) is 25.1 Å². The molecule has 2 atom stereocenters. The summed E-state index contributed by atoms with van der Waals surface area (Å²) in [5, 5.41) is 5.95. The van der Waals surface area contributed by atoms with Crippen molar-refractivity contribution in [1.82, 2.24) is 59.7 Å². The van der Waals surface area contributed by atoms with Crippen LogP contribution in [0.15, 0.2) is 147 Å². The number of benzene rings is 4. The number of hydrogen-bond donors (Lipinski definition) is 3. The largest absolute Gasteiger partial charge is 0.347 e. The zero-order valence-electron chi connectivity index (χ0n) is 44.0. The van der Waals surface area contributed by atoms with E-state index in [2.05, 4.69) is 113 Å². The fourth-order valence-corrected chi connectivity index (χ4v) is 9.94. The van der Waals surface area contributed by atoms with Gasteiger partial charge in [-0.25, -0.2) is 9.97 Å². The molecule has 0 spiro atoms. The van der Waals surface area contributed by atoms with Crippen LogP contribution in [-0.2, 0) is 6.54 Å². The van der Waals surface area contributed by atoms with Gasteiger partial charge in [0, 0.05) is 142 Å². The third-order valence-electron chi connectivity index (χ3n) is 13.8. The Hall–Kier alpha value is -6.85. The molecular formula is C59H70Cl2N12O3. The smallest absolute Gasteiger partial charge is 0.253 e.